The first-order valence-corrected chi connectivity index (χ1v) is 6.89. The van der Waals surface area contributed by atoms with Gasteiger partial charge in [0.25, 0.3) is 0 Å². The molecule has 2 rings (SSSR count). The Morgan fingerprint density at radius 3 is 2.79 bits per heavy atom. The molecule has 0 aliphatic heterocycles. The van der Waals surface area contributed by atoms with Crippen molar-refractivity contribution >= 4 is 23.2 Å². The molecule has 0 amide bonds. The number of rotatable bonds is 5. The highest BCUT2D eigenvalue weighted by Gasteiger charge is 2.16. The van der Waals surface area contributed by atoms with Crippen molar-refractivity contribution in [2.45, 2.75) is 19.4 Å². The van der Waals surface area contributed by atoms with Crippen LogP contribution in [-0.4, -0.2) is 21.5 Å². The van der Waals surface area contributed by atoms with Crippen molar-refractivity contribution in [3.8, 4) is 0 Å². The Labute approximate surface area is 122 Å². The highest BCUT2D eigenvalue weighted by molar-refractivity contribution is 6.33. The van der Waals surface area contributed by atoms with Crippen LogP contribution in [0, 0.1) is 0 Å². The van der Waals surface area contributed by atoms with Crippen LogP contribution < -0.4 is 5.32 Å². The van der Waals surface area contributed by atoms with Gasteiger partial charge >= 0.3 is 0 Å². The highest BCUT2D eigenvalue weighted by Crippen LogP contribution is 2.28. The fourth-order valence-electron chi connectivity index (χ4n) is 2.02. The van der Waals surface area contributed by atoms with Crippen molar-refractivity contribution in [1.82, 2.24) is 20.3 Å². The van der Waals surface area contributed by atoms with Gasteiger partial charge in [-0.1, -0.05) is 35.3 Å². The van der Waals surface area contributed by atoms with Crippen molar-refractivity contribution in [2.75, 3.05) is 6.54 Å². The molecule has 1 atom stereocenters. The number of halogens is 2. The predicted molar refractivity (Wildman–Crippen MR) is 77.6 cm³/mol. The zero-order valence-electron chi connectivity index (χ0n) is 10.9. The first-order valence-electron chi connectivity index (χ1n) is 6.13. The van der Waals surface area contributed by atoms with Gasteiger partial charge in [-0.3, -0.25) is 4.68 Å². The van der Waals surface area contributed by atoms with E-state index < -0.39 is 0 Å². The first-order chi connectivity index (χ1) is 9.10. The number of aromatic nitrogens is 3. The van der Waals surface area contributed by atoms with Crippen LogP contribution in [0.5, 0.6) is 0 Å². The second kappa shape index (κ2) is 6.37. The Kier molecular flexibility index (Phi) is 4.80. The molecule has 1 N–H and O–H groups in total. The van der Waals surface area contributed by atoms with E-state index in [4.69, 9.17) is 23.2 Å². The zero-order valence-corrected chi connectivity index (χ0v) is 12.4. The van der Waals surface area contributed by atoms with E-state index in [0.717, 1.165) is 24.2 Å². The highest BCUT2D eigenvalue weighted by atomic mass is 35.5. The van der Waals surface area contributed by atoms with E-state index in [0.29, 0.717) is 10.0 Å². The topological polar surface area (TPSA) is 42.7 Å². The smallest absolute Gasteiger partial charge is 0.0845 e. The Bertz CT molecular complexity index is 553. The minimum absolute atomic E-state index is 0.0768. The number of hydrogen-bond donors (Lipinski definition) is 1. The molecule has 0 aliphatic rings. The van der Waals surface area contributed by atoms with Gasteiger partial charge in [0.1, 0.15) is 0 Å². The van der Waals surface area contributed by atoms with Crippen LogP contribution in [-0.2, 0) is 13.5 Å². The second-order valence-corrected chi connectivity index (χ2v) is 5.21. The molecule has 1 aromatic heterocycles. The quantitative estimate of drug-likeness (QED) is 0.923. The molecule has 1 aromatic carbocycles. The molecule has 0 saturated carbocycles. The van der Waals surface area contributed by atoms with Gasteiger partial charge in [-0.25, -0.2) is 0 Å². The second-order valence-electron chi connectivity index (χ2n) is 4.36. The molecule has 0 saturated heterocycles. The summed E-state index contributed by atoms with van der Waals surface area (Å²) < 4.78 is 1.69. The van der Waals surface area contributed by atoms with Crippen LogP contribution in [0.1, 0.15) is 24.2 Å². The van der Waals surface area contributed by atoms with E-state index in [-0.39, 0.29) is 6.04 Å². The standard InChI is InChI=1S/C13H16Cl2N4/c1-3-16-13(7-10-8-19(2)18-17-10)11-6-9(14)4-5-12(11)15/h4-6,8,13,16H,3,7H2,1-2H3. The molecule has 1 unspecified atom stereocenters. The molecular weight excluding hydrogens is 283 g/mol. The van der Waals surface area contributed by atoms with Gasteiger partial charge in [-0.15, -0.1) is 5.10 Å². The monoisotopic (exact) mass is 298 g/mol. The fraction of sp³-hybridized carbons (Fsp3) is 0.385. The van der Waals surface area contributed by atoms with Gasteiger partial charge in [-0.05, 0) is 30.3 Å². The Morgan fingerprint density at radius 2 is 2.16 bits per heavy atom. The molecule has 0 spiro atoms. The lowest BCUT2D eigenvalue weighted by atomic mass is 10.0. The maximum Gasteiger partial charge on any atom is 0.0845 e. The third kappa shape index (κ3) is 3.69. The van der Waals surface area contributed by atoms with Crippen molar-refractivity contribution in [3.63, 3.8) is 0 Å². The van der Waals surface area contributed by atoms with Gasteiger partial charge in [0.15, 0.2) is 0 Å². The summed E-state index contributed by atoms with van der Waals surface area (Å²) in [5.41, 5.74) is 1.91. The summed E-state index contributed by atoms with van der Waals surface area (Å²) in [5.74, 6) is 0. The molecule has 0 fully saturated rings. The Morgan fingerprint density at radius 1 is 1.37 bits per heavy atom. The van der Waals surface area contributed by atoms with Crippen LogP contribution in [0.4, 0.5) is 0 Å². The number of benzene rings is 1. The molecule has 4 nitrogen and oxygen atoms in total. The van der Waals surface area contributed by atoms with Crippen LogP contribution >= 0.6 is 23.2 Å². The van der Waals surface area contributed by atoms with Crippen molar-refractivity contribution < 1.29 is 0 Å². The van der Waals surface area contributed by atoms with Crippen LogP contribution in [0.25, 0.3) is 0 Å². The van der Waals surface area contributed by atoms with Crippen molar-refractivity contribution in [3.05, 3.63) is 45.7 Å². The van der Waals surface area contributed by atoms with Crippen LogP contribution in [0.3, 0.4) is 0 Å². The summed E-state index contributed by atoms with van der Waals surface area (Å²) in [5, 5.41) is 12.8. The molecule has 19 heavy (non-hydrogen) atoms. The largest absolute Gasteiger partial charge is 0.310 e. The summed E-state index contributed by atoms with van der Waals surface area (Å²) >= 11 is 12.3. The van der Waals surface area contributed by atoms with Crippen molar-refractivity contribution in [2.24, 2.45) is 7.05 Å². The fourth-order valence-corrected chi connectivity index (χ4v) is 2.45. The average molecular weight is 299 g/mol. The summed E-state index contributed by atoms with van der Waals surface area (Å²) in [7, 11) is 1.85. The predicted octanol–water partition coefficient (Wildman–Crippen LogP) is 3.02. The maximum absolute atomic E-state index is 6.26. The molecule has 102 valence electrons. The SMILES string of the molecule is CCNC(Cc1cn(C)nn1)c1cc(Cl)ccc1Cl. The summed E-state index contributed by atoms with van der Waals surface area (Å²) in [6, 6.07) is 5.58. The first kappa shape index (κ1) is 14.3. The third-order valence-electron chi connectivity index (χ3n) is 2.85. The van der Waals surface area contributed by atoms with Crippen LogP contribution in [0.2, 0.25) is 10.0 Å². The van der Waals surface area contributed by atoms with E-state index in [1.54, 1.807) is 10.7 Å². The summed E-state index contributed by atoms with van der Waals surface area (Å²) in [6.07, 6.45) is 2.63. The number of aryl methyl sites for hydroxylation is 1. The number of nitrogens with zero attached hydrogens (tertiary/aromatic N) is 3. The molecule has 6 heteroatoms. The van der Waals surface area contributed by atoms with E-state index >= 15 is 0 Å². The van der Waals surface area contributed by atoms with Gasteiger partial charge in [-0.2, -0.15) is 0 Å². The van der Waals surface area contributed by atoms with E-state index in [1.807, 2.05) is 25.4 Å². The Hall–Kier alpha value is -1.10. The van der Waals surface area contributed by atoms with Crippen LogP contribution in [0.15, 0.2) is 24.4 Å². The lowest BCUT2D eigenvalue weighted by Gasteiger charge is -2.18. The minimum Gasteiger partial charge on any atom is -0.310 e. The van der Waals surface area contributed by atoms with E-state index in [1.165, 1.54) is 0 Å². The lowest BCUT2D eigenvalue weighted by Crippen LogP contribution is -2.23. The molecule has 0 bridgehead atoms. The molecular formula is C13H16Cl2N4. The zero-order chi connectivity index (χ0) is 13.8. The Balaban J connectivity index is 2.26. The van der Waals surface area contributed by atoms with Gasteiger partial charge in [0.2, 0.25) is 0 Å². The van der Waals surface area contributed by atoms with E-state index in [2.05, 4.69) is 22.6 Å². The number of hydrogen-bond acceptors (Lipinski definition) is 3. The molecule has 1 heterocycles. The minimum atomic E-state index is 0.0768. The maximum atomic E-state index is 6.26. The van der Waals surface area contributed by atoms with Crippen molar-refractivity contribution in [1.29, 1.82) is 0 Å². The number of likely N-dealkylation sites (N-methyl/N-ethyl adjacent to an activating group) is 1. The lowest BCUT2D eigenvalue weighted by molar-refractivity contribution is 0.543. The van der Waals surface area contributed by atoms with Gasteiger partial charge in [0.05, 0.1) is 5.69 Å². The molecule has 0 radical (unpaired) electrons. The molecule has 0 aliphatic carbocycles. The van der Waals surface area contributed by atoms with Gasteiger partial charge in [0, 0.05) is 35.8 Å². The molecule has 2 aromatic rings. The summed E-state index contributed by atoms with van der Waals surface area (Å²) in [6.45, 7) is 2.90. The summed E-state index contributed by atoms with van der Waals surface area (Å²) in [4.78, 5) is 0. The third-order valence-corrected chi connectivity index (χ3v) is 3.43. The number of nitrogens with one attached hydrogen (secondary N) is 1. The average Bonchev–Trinajstić information content (AvgIpc) is 2.77. The van der Waals surface area contributed by atoms with Gasteiger partial charge < -0.3 is 5.32 Å². The normalized spacial score (nSPS) is 12.6. The van der Waals surface area contributed by atoms with E-state index in [9.17, 15) is 0 Å².